The molecule has 2 heterocycles. The highest BCUT2D eigenvalue weighted by molar-refractivity contribution is 6.03. The number of amidine groups is 1. The van der Waals surface area contributed by atoms with Crippen LogP contribution in [0.5, 0.6) is 0 Å². The molecular formula is C18H33N5O2. The summed E-state index contributed by atoms with van der Waals surface area (Å²) >= 11 is 0. The van der Waals surface area contributed by atoms with E-state index in [1.54, 1.807) is 32.0 Å². The maximum absolute atomic E-state index is 12.8. The molecule has 2 aliphatic heterocycles. The lowest BCUT2D eigenvalue weighted by Crippen LogP contribution is -2.49. The minimum absolute atomic E-state index is 0.137. The number of imide groups is 1. The summed E-state index contributed by atoms with van der Waals surface area (Å²) in [5.41, 5.74) is 0.578. The summed E-state index contributed by atoms with van der Waals surface area (Å²) in [6.45, 7) is 13.1. The molecule has 1 unspecified atom stereocenters. The van der Waals surface area contributed by atoms with Gasteiger partial charge in [-0.05, 0) is 32.6 Å². The summed E-state index contributed by atoms with van der Waals surface area (Å²) in [5, 5.41) is 3.22. The lowest BCUT2D eigenvalue weighted by molar-refractivity contribution is 0.164. The minimum atomic E-state index is -0.372. The molecule has 2 aliphatic rings. The molecule has 0 saturated carbocycles. The van der Waals surface area contributed by atoms with Crippen LogP contribution >= 0.6 is 0 Å². The van der Waals surface area contributed by atoms with Crippen LogP contribution in [0.25, 0.3) is 0 Å². The molecule has 25 heavy (non-hydrogen) atoms. The smallest absolute Gasteiger partial charge is 0.337 e. The molecule has 0 aromatic carbocycles. The van der Waals surface area contributed by atoms with E-state index in [9.17, 15) is 9.59 Å². The van der Waals surface area contributed by atoms with Crippen LogP contribution in [0.1, 0.15) is 54.4 Å². The van der Waals surface area contributed by atoms with E-state index in [-0.39, 0.29) is 24.1 Å². The number of likely N-dealkylation sites (tertiary alicyclic amines) is 1. The summed E-state index contributed by atoms with van der Waals surface area (Å²) in [7, 11) is 1.65. The van der Waals surface area contributed by atoms with Crippen LogP contribution in [-0.4, -0.2) is 58.9 Å². The first kappa shape index (κ1) is 21.0. The Kier molecular flexibility index (Phi) is 7.93. The van der Waals surface area contributed by atoms with Crippen molar-refractivity contribution in [1.29, 1.82) is 0 Å². The van der Waals surface area contributed by atoms with E-state index in [4.69, 9.17) is 0 Å². The highest BCUT2D eigenvalue weighted by Gasteiger charge is 2.33. The Morgan fingerprint density at radius 3 is 2.32 bits per heavy atom. The second-order valence-corrected chi connectivity index (χ2v) is 6.47. The first-order chi connectivity index (χ1) is 11.8. The van der Waals surface area contributed by atoms with Crippen molar-refractivity contribution in [2.45, 2.75) is 60.5 Å². The molecule has 1 N–H and O–H groups in total. The van der Waals surface area contributed by atoms with Gasteiger partial charge in [0.2, 0.25) is 0 Å². The van der Waals surface area contributed by atoms with Crippen LogP contribution in [-0.2, 0) is 0 Å². The van der Waals surface area contributed by atoms with Gasteiger partial charge in [0.05, 0.1) is 0 Å². The zero-order valence-electron chi connectivity index (χ0n) is 16.7. The van der Waals surface area contributed by atoms with E-state index in [0.717, 1.165) is 12.8 Å². The Balaban J connectivity index is 0.00000151. The number of urea groups is 2. The summed E-state index contributed by atoms with van der Waals surface area (Å²) in [5.74, 6) is 0.849. The highest BCUT2D eigenvalue weighted by Crippen LogP contribution is 2.18. The van der Waals surface area contributed by atoms with Crippen molar-refractivity contribution in [1.82, 2.24) is 20.0 Å². The molecule has 0 bridgehead atoms. The Labute approximate surface area is 151 Å². The third kappa shape index (κ3) is 4.96. The van der Waals surface area contributed by atoms with Crippen molar-refractivity contribution in [3.05, 3.63) is 11.9 Å². The van der Waals surface area contributed by atoms with Crippen LogP contribution in [0.3, 0.4) is 0 Å². The molecule has 142 valence electrons. The number of allylic oxidation sites excluding steroid dienone is 1. The molecular weight excluding hydrogens is 318 g/mol. The summed E-state index contributed by atoms with van der Waals surface area (Å²) in [6.07, 6.45) is 3.55. The third-order valence-corrected chi connectivity index (χ3v) is 4.30. The minimum Gasteiger partial charge on any atom is -0.368 e. The molecule has 2 rings (SSSR count). The van der Waals surface area contributed by atoms with Crippen molar-refractivity contribution in [3.63, 3.8) is 0 Å². The maximum atomic E-state index is 12.8. The van der Waals surface area contributed by atoms with Crippen molar-refractivity contribution < 1.29 is 9.59 Å². The lowest BCUT2D eigenvalue weighted by atomic mass is 10.1. The van der Waals surface area contributed by atoms with E-state index in [0.29, 0.717) is 24.6 Å². The van der Waals surface area contributed by atoms with E-state index in [2.05, 4.69) is 24.2 Å². The van der Waals surface area contributed by atoms with Crippen molar-refractivity contribution in [2.75, 3.05) is 20.1 Å². The molecule has 0 aliphatic carbocycles. The second kappa shape index (κ2) is 9.44. The topological polar surface area (TPSA) is 68.2 Å². The Bertz CT molecular complexity index is 536. The van der Waals surface area contributed by atoms with E-state index in [1.165, 1.54) is 9.80 Å². The number of nitrogens with zero attached hydrogens (tertiary/aromatic N) is 4. The van der Waals surface area contributed by atoms with Crippen LogP contribution in [0.15, 0.2) is 16.9 Å². The van der Waals surface area contributed by atoms with Crippen molar-refractivity contribution in [2.24, 2.45) is 10.9 Å². The summed E-state index contributed by atoms with van der Waals surface area (Å²) < 4.78 is 0. The van der Waals surface area contributed by atoms with Gasteiger partial charge in [-0.2, -0.15) is 0 Å². The van der Waals surface area contributed by atoms with E-state index in [1.807, 2.05) is 13.8 Å². The summed E-state index contributed by atoms with van der Waals surface area (Å²) in [6, 6.07) is -0.631. The van der Waals surface area contributed by atoms with Crippen molar-refractivity contribution >= 4 is 17.9 Å². The van der Waals surface area contributed by atoms with Gasteiger partial charge in [-0.3, -0.25) is 4.90 Å². The lowest BCUT2D eigenvalue weighted by Gasteiger charge is -2.29. The molecule has 1 saturated heterocycles. The number of amides is 4. The quantitative estimate of drug-likeness (QED) is 0.787. The number of aliphatic imine (C=N–C) groups is 1. The van der Waals surface area contributed by atoms with Crippen molar-refractivity contribution in [3.8, 4) is 0 Å². The second-order valence-electron chi connectivity index (χ2n) is 6.47. The number of hydrogen-bond donors (Lipinski definition) is 1. The van der Waals surface area contributed by atoms with Crippen LogP contribution in [0, 0.1) is 5.92 Å². The standard InChI is InChI=1S/C16H27N5O2.C2H6/c1-11(2)14-17-10-12(3)21(15(22)19(5)13(4)18-14)16(23)20-8-6-7-9-20;1-2/h10-11,14,17H,6-9H2,1-5H3;1-2H3/b12-10+,18-13+;. The summed E-state index contributed by atoms with van der Waals surface area (Å²) in [4.78, 5) is 34.5. The number of carbonyl (C=O) groups excluding carboxylic acids is 2. The Morgan fingerprint density at radius 2 is 1.80 bits per heavy atom. The average molecular weight is 351 g/mol. The molecule has 0 aromatic heterocycles. The molecule has 0 aromatic rings. The number of nitrogens with one attached hydrogen (secondary N) is 1. The van der Waals surface area contributed by atoms with E-state index >= 15 is 0 Å². The molecule has 7 nitrogen and oxygen atoms in total. The molecule has 7 heteroatoms. The van der Waals surface area contributed by atoms with Gasteiger partial charge in [-0.1, -0.05) is 27.7 Å². The van der Waals surface area contributed by atoms with Gasteiger partial charge < -0.3 is 10.2 Å². The fraction of sp³-hybridized carbons (Fsp3) is 0.722. The Morgan fingerprint density at radius 1 is 1.24 bits per heavy atom. The van der Waals surface area contributed by atoms with Crippen LogP contribution in [0.4, 0.5) is 9.59 Å². The Hall–Kier alpha value is -2.05. The van der Waals surface area contributed by atoms with Gasteiger partial charge in [0, 0.05) is 32.0 Å². The van der Waals surface area contributed by atoms with Gasteiger partial charge in [-0.25, -0.2) is 19.5 Å². The normalized spacial score (nSPS) is 25.7. The van der Waals surface area contributed by atoms with Gasteiger partial charge in [0.15, 0.2) is 0 Å². The van der Waals surface area contributed by atoms with Gasteiger partial charge in [0.1, 0.15) is 12.0 Å². The van der Waals surface area contributed by atoms with Gasteiger partial charge in [0.25, 0.3) is 0 Å². The molecule has 4 amide bonds. The molecule has 1 fully saturated rings. The predicted molar refractivity (Wildman–Crippen MR) is 101 cm³/mol. The average Bonchev–Trinajstić information content (AvgIpc) is 3.13. The van der Waals surface area contributed by atoms with Crippen LogP contribution < -0.4 is 5.32 Å². The first-order valence-electron chi connectivity index (χ1n) is 9.17. The third-order valence-electron chi connectivity index (χ3n) is 4.30. The predicted octanol–water partition coefficient (Wildman–Crippen LogP) is 3.45. The maximum Gasteiger partial charge on any atom is 0.337 e. The molecule has 0 radical (unpaired) electrons. The SMILES string of the molecule is C/C1=C\NC(C(C)C)/N=C(\C)N(C)C(=O)N1C(=O)N1CCCC1.CC. The van der Waals surface area contributed by atoms with Gasteiger partial charge >= 0.3 is 12.1 Å². The number of hydrogen-bond acceptors (Lipinski definition) is 4. The zero-order valence-corrected chi connectivity index (χ0v) is 16.7. The first-order valence-corrected chi connectivity index (χ1v) is 9.17. The molecule has 1 atom stereocenters. The largest absolute Gasteiger partial charge is 0.368 e. The number of rotatable bonds is 1. The fourth-order valence-corrected chi connectivity index (χ4v) is 2.66. The molecule has 0 spiro atoms. The van der Waals surface area contributed by atoms with Gasteiger partial charge in [-0.15, -0.1) is 0 Å². The van der Waals surface area contributed by atoms with Crippen LogP contribution in [0.2, 0.25) is 0 Å². The highest BCUT2D eigenvalue weighted by atomic mass is 16.2. The zero-order chi connectivity index (χ0) is 19.1. The van der Waals surface area contributed by atoms with E-state index < -0.39 is 0 Å². The monoisotopic (exact) mass is 351 g/mol. The number of carbonyl (C=O) groups is 2. The fourth-order valence-electron chi connectivity index (χ4n) is 2.66.